The fourth-order valence-electron chi connectivity index (χ4n) is 2.99. The number of guanidine groups is 1. The van der Waals surface area contributed by atoms with E-state index in [9.17, 15) is 29.1 Å². The average Bonchev–Trinajstić information content (AvgIpc) is 2.72. The number of nitrogens with two attached hydrogens (primary N) is 4. The van der Waals surface area contributed by atoms with Crippen LogP contribution in [0.4, 0.5) is 0 Å². The second-order valence-corrected chi connectivity index (χ2v) is 9.04. The van der Waals surface area contributed by atoms with E-state index in [2.05, 4.69) is 20.9 Å². The third-order valence-electron chi connectivity index (χ3n) is 4.96. The molecule has 4 atom stereocenters. The number of primary amides is 1. The van der Waals surface area contributed by atoms with E-state index in [0.29, 0.717) is 6.42 Å². The first kappa shape index (κ1) is 31.6. The van der Waals surface area contributed by atoms with Crippen LogP contribution in [-0.2, 0) is 24.0 Å². The molecule has 0 heterocycles. The summed E-state index contributed by atoms with van der Waals surface area (Å²) < 4.78 is 0. The van der Waals surface area contributed by atoms with Crippen molar-refractivity contribution in [2.75, 3.05) is 6.54 Å². The molecule has 0 saturated heterocycles. The highest BCUT2D eigenvalue weighted by molar-refractivity contribution is 5.96. The van der Waals surface area contributed by atoms with Gasteiger partial charge in [0, 0.05) is 6.54 Å². The molecule has 4 amide bonds. The lowest BCUT2D eigenvalue weighted by atomic mass is 10.0. The van der Waals surface area contributed by atoms with Crippen LogP contribution in [-0.4, -0.2) is 71.4 Å². The smallest absolute Gasteiger partial charge is 0.326 e. The summed E-state index contributed by atoms with van der Waals surface area (Å²) in [6.07, 6.45) is -0.0504. The van der Waals surface area contributed by atoms with Gasteiger partial charge in [0.15, 0.2) is 5.96 Å². The highest BCUT2D eigenvalue weighted by atomic mass is 16.4. The van der Waals surface area contributed by atoms with Crippen LogP contribution in [0.1, 0.15) is 53.4 Å². The molecule has 14 heteroatoms. The molecule has 0 saturated carbocycles. The number of aliphatic carboxylic acids is 1. The zero-order valence-electron chi connectivity index (χ0n) is 20.7. The number of carboxylic acids is 1. The quantitative estimate of drug-likeness (QED) is 0.0631. The molecule has 0 rings (SSSR count). The molecule has 0 aromatic rings. The molecule has 0 radical (unpaired) electrons. The van der Waals surface area contributed by atoms with Gasteiger partial charge in [-0.1, -0.05) is 27.7 Å². The van der Waals surface area contributed by atoms with Gasteiger partial charge < -0.3 is 44.0 Å². The Kier molecular flexibility index (Phi) is 14.0. The molecule has 0 aliphatic heterocycles. The number of aliphatic imine (C=N–C) groups is 1. The van der Waals surface area contributed by atoms with Crippen molar-refractivity contribution in [1.29, 1.82) is 0 Å². The van der Waals surface area contributed by atoms with E-state index in [1.54, 1.807) is 27.7 Å². The number of carboxylic acid groups (broad SMARTS) is 1. The monoisotopic (exact) mass is 500 g/mol. The van der Waals surface area contributed by atoms with Crippen molar-refractivity contribution >= 4 is 35.6 Å². The SMILES string of the molecule is CC(C)CC(NC(=O)C(CC(N)=O)NC(=O)C(CCCN=C(N)N)NC(=O)C(N)C(C)C)C(=O)O. The summed E-state index contributed by atoms with van der Waals surface area (Å²) in [5.74, 6) is -4.80. The molecular weight excluding hydrogens is 460 g/mol. The lowest BCUT2D eigenvalue weighted by Crippen LogP contribution is -2.58. The molecule has 35 heavy (non-hydrogen) atoms. The lowest BCUT2D eigenvalue weighted by molar-refractivity contribution is -0.143. The van der Waals surface area contributed by atoms with Crippen LogP contribution >= 0.6 is 0 Å². The minimum atomic E-state index is -1.45. The Bertz CT molecular complexity index is 782. The summed E-state index contributed by atoms with van der Waals surface area (Å²) >= 11 is 0. The number of nitrogens with zero attached hydrogens (tertiary/aromatic N) is 1. The molecule has 0 fully saturated rings. The van der Waals surface area contributed by atoms with Crippen molar-refractivity contribution in [3.8, 4) is 0 Å². The maximum absolute atomic E-state index is 13.0. The maximum atomic E-state index is 13.0. The minimum absolute atomic E-state index is 0.0458. The number of carbonyl (C=O) groups is 5. The van der Waals surface area contributed by atoms with Crippen LogP contribution in [0.25, 0.3) is 0 Å². The number of hydrogen-bond donors (Lipinski definition) is 8. The van der Waals surface area contributed by atoms with Crippen molar-refractivity contribution in [1.82, 2.24) is 16.0 Å². The zero-order chi connectivity index (χ0) is 27.3. The van der Waals surface area contributed by atoms with Gasteiger partial charge in [-0.3, -0.25) is 24.2 Å². The topological polar surface area (TPSA) is 258 Å². The van der Waals surface area contributed by atoms with E-state index >= 15 is 0 Å². The van der Waals surface area contributed by atoms with Gasteiger partial charge in [0.1, 0.15) is 18.1 Å². The molecule has 0 bridgehead atoms. The van der Waals surface area contributed by atoms with Crippen LogP contribution in [0.2, 0.25) is 0 Å². The molecule has 0 aromatic heterocycles. The van der Waals surface area contributed by atoms with E-state index in [0.717, 1.165) is 0 Å². The first-order valence-corrected chi connectivity index (χ1v) is 11.4. The first-order valence-electron chi connectivity index (χ1n) is 11.4. The summed E-state index contributed by atoms with van der Waals surface area (Å²) in [7, 11) is 0. The van der Waals surface area contributed by atoms with E-state index < -0.39 is 60.2 Å². The van der Waals surface area contributed by atoms with E-state index in [1.807, 2.05) is 0 Å². The van der Waals surface area contributed by atoms with Crippen LogP contribution in [0.3, 0.4) is 0 Å². The van der Waals surface area contributed by atoms with Crippen molar-refractivity contribution in [3.63, 3.8) is 0 Å². The second-order valence-electron chi connectivity index (χ2n) is 9.04. The second kappa shape index (κ2) is 15.5. The predicted octanol–water partition coefficient (Wildman–Crippen LogP) is -2.52. The molecule has 0 aromatic carbocycles. The summed E-state index contributed by atoms with van der Waals surface area (Å²) in [6, 6.07) is -4.70. The van der Waals surface area contributed by atoms with Gasteiger partial charge in [0.25, 0.3) is 0 Å². The van der Waals surface area contributed by atoms with Crippen LogP contribution in [0.15, 0.2) is 4.99 Å². The number of amides is 4. The van der Waals surface area contributed by atoms with Crippen LogP contribution < -0.4 is 38.9 Å². The van der Waals surface area contributed by atoms with E-state index in [1.165, 1.54) is 0 Å². The van der Waals surface area contributed by atoms with Crippen molar-refractivity contribution < 1.29 is 29.1 Å². The van der Waals surface area contributed by atoms with Gasteiger partial charge in [0.2, 0.25) is 23.6 Å². The number of rotatable bonds is 16. The van der Waals surface area contributed by atoms with E-state index in [4.69, 9.17) is 22.9 Å². The van der Waals surface area contributed by atoms with Gasteiger partial charge in [-0.05, 0) is 31.1 Å². The standard InChI is InChI=1S/C21H40N8O6/c1-10(2)8-14(20(34)35)29-18(32)13(9-15(22)30)28-17(31)12(6-5-7-26-21(24)25)27-19(33)16(23)11(3)4/h10-14,16H,5-9,23H2,1-4H3,(H2,22,30)(H,27,33)(H,28,31)(H,29,32)(H,34,35)(H4,24,25,26). The highest BCUT2D eigenvalue weighted by Crippen LogP contribution is 2.07. The molecule has 12 N–H and O–H groups in total. The lowest BCUT2D eigenvalue weighted by Gasteiger charge is -2.25. The Morgan fingerprint density at radius 2 is 1.34 bits per heavy atom. The number of nitrogens with one attached hydrogen (secondary N) is 3. The molecule has 200 valence electrons. The molecule has 0 spiro atoms. The summed E-state index contributed by atoms with van der Waals surface area (Å²) in [4.78, 5) is 65.0. The largest absolute Gasteiger partial charge is 0.480 e. The fraction of sp³-hybridized carbons (Fsp3) is 0.714. The van der Waals surface area contributed by atoms with Gasteiger partial charge in [-0.15, -0.1) is 0 Å². The van der Waals surface area contributed by atoms with Gasteiger partial charge in [-0.25, -0.2) is 4.79 Å². The van der Waals surface area contributed by atoms with Crippen LogP contribution in [0.5, 0.6) is 0 Å². The molecule has 14 nitrogen and oxygen atoms in total. The molecular formula is C21H40N8O6. The number of hydrogen-bond acceptors (Lipinski definition) is 7. The van der Waals surface area contributed by atoms with Crippen LogP contribution in [0, 0.1) is 11.8 Å². The van der Waals surface area contributed by atoms with Gasteiger partial charge >= 0.3 is 5.97 Å². The van der Waals surface area contributed by atoms with Crippen molar-refractivity contribution in [3.05, 3.63) is 0 Å². The summed E-state index contributed by atoms with van der Waals surface area (Å²) in [6.45, 7) is 7.21. The first-order chi connectivity index (χ1) is 16.1. The highest BCUT2D eigenvalue weighted by Gasteiger charge is 2.31. The Morgan fingerprint density at radius 1 is 0.829 bits per heavy atom. The zero-order valence-corrected chi connectivity index (χ0v) is 20.7. The Labute approximate surface area is 205 Å². The molecule has 4 unspecified atom stereocenters. The Morgan fingerprint density at radius 3 is 1.80 bits per heavy atom. The normalized spacial score (nSPS) is 14.4. The molecule has 0 aliphatic rings. The van der Waals surface area contributed by atoms with Gasteiger partial charge in [-0.2, -0.15) is 0 Å². The minimum Gasteiger partial charge on any atom is -0.480 e. The Balaban J connectivity index is 5.63. The van der Waals surface area contributed by atoms with Crippen molar-refractivity contribution in [2.24, 2.45) is 39.8 Å². The third-order valence-corrected chi connectivity index (χ3v) is 4.96. The average molecular weight is 501 g/mol. The number of carbonyl (C=O) groups excluding carboxylic acids is 4. The summed E-state index contributed by atoms with van der Waals surface area (Å²) in [5, 5.41) is 16.6. The summed E-state index contributed by atoms with van der Waals surface area (Å²) in [5.41, 5.74) is 21.7. The van der Waals surface area contributed by atoms with E-state index in [-0.39, 0.29) is 37.2 Å². The maximum Gasteiger partial charge on any atom is 0.326 e. The Hall–Kier alpha value is -3.42. The molecule has 0 aliphatic carbocycles. The fourth-order valence-corrected chi connectivity index (χ4v) is 2.99. The van der Waals surface area contributed by atoms with Crippen molar-refractivity contribution in [2.45, 2.75) is 77.5 Å². The predicted molar refractivity (Wildman–Crippen MR) is 129 cm³/mol. The third kappa shape index (κ3) is 13.2. The van der Waals surface area contributed by atoms with Gasteiger partial charge in [0.05, 0.1) is 12.5 Å².